The van der Waals surface area contributed by atoms with Gasteiger partial charge in [-0.2, -0.15) is 4.31 Å². The normalized spacial score (nSPS) is 17.6. The summed E-state index contributed by atoms with van der Waals surface area (Å²) < 4.78 is 27.0. The van der Waals surface area contributed by atoms with Crippen LogP contribution in [0.25, 0.3) is 0 Å². The predicted molar refractivity (Wildman–Crippen MR) is 78.0 cm³/mol. The minimum Gasteiger partial charge on any atom is -0.207 e. The lowest BCUT2D eigenvalue weighted by atomic mass is 10.1. The summed E-state index contributed by atoms with van der Waals surface area (Å²) in [5.41, 5.74) is 1.73. The maximum absolute atomic E-state index is 12.7. The minimum absolute atomic E-state index is 0.340. The molecule has 0 saturated carbocycles. The molecular weight excluding hydrogens is 282 g/mol. The van der Waals surface area contributed by atoms with Crippen LogP contribution in [0.15, 0.2) is 23.1 Å². The lowest BCUT2D eigenvalue weighted by molar-refractivity contribution is 0.346. The number of piperidine rings is 1. The van der Waals surface area contributed by atoms with Gasteiger partial charge in [0, 0.05) is 19.0 Å². The summed E-state index contributed by atoms with van der Waals surface area (Å²) in [4.78, 5) is 0.440. The topological polar surface area (TPSA) is 37.4 Å². The zero-order chi connectivity index (χ0) is 13.9. The Morgan fingerprint density at radius 2 is 1.89 bits per heavy atom. The molecule has 3 nitrogen and oxygen atoms in total. The second-order valence-electron chi connectivity index (χ2n) is 4.89. The van der Waals surface area contributed by atoms with Gasteiger partial charge < -0.3 is 0 Å². The smallest absolute Gasteiger partial charge is 0.207 e. The van der Waals surface area contributed by atoms with E-state index < -0.39 is 10.0 Å². The molecule has 1 aromatic carbocycles. The van der Waals surface area contributed by atoms with E-state index >= 15 is 0 Å². The Bertz CT molecular complexity index is 536. The first-order chi connectivity index (χ1) is 9.09. The van der Waals surface area contributed by atoms with Crippen LogP contribution in [-0.4, -0.2) is 25.8 Å². The fourth-order valence-electron chi connectivity index (χ4n) is 2.46. The van der Waals surface area contributed by atoms with Crippen LogP contribution in [0, 0.1) is 0 Å². The van der Waals surface area contributed by atoms with Gasteiger partial charge in [-0.05, 0) is 36.5 Å². The maximum Gasteiger partial charge on any atom is 0.243 e. The summed E-state index contributed by atoms with van der Waals surface area (Å²) in [5, 5.41) is 0. The Morgan fingerprint density at radius 3 is 2.47 bits per heavy atom. The Labute approximate surface area is 120 Å². The van der Waals surface area contributed by atoms with Crippen molar-refractivity contribution in [3.8, 4) is 0 Å². The highest BCUT2D eigenvalue weighted by Gasteiger charge is 2.27. The van der Waals surface area contributed by atoms with Gasteiger partial charge in [-0.15, -0.1) is 11.6 Å². The number of benzene rings is 1. The van der Waals surface area contributed by atoms with Crippen molar-refractivity contribution in [2.75, 3.05) is 13.1 Å². The van der Waals surface area contributed by atoms with E-state index in [1.165, 1.54) is 0 Å². The van der Waals surface area contributed by atoms with Crippen molar-refractivity contribution in [2.45, 2.75) is 43.4 Å². The molecule has 106 valence electrons. The minimum atomic E-state index is -3.36. The number of hydrogen-bond donors (Lipinski definition) is 0. The number of alkyl halides is 1. The van der Waals surface area contributed by atoms with Gasteiger partial charge in [0.1, 0.15) is 0 Å². The first-order valence-electron chi connectivity index (χ1n) is 6.77. The number of hydrogen-bond acceptors (Lipinski definition) is 2. The summed E-state index contributed by atoms with van der Waals surface area (Å²) in [6.45, 7) is 3.25. The zero-order valence-electron chi connectivity index (χ0n) is 11.2. The van der Waals surface area contributed by atoms with Crippen LogP contribution in [0.1, 0.15) is 37.3 Å². The fraction of sp³-hybridized carbons (Fsp3) is 0.571. The third kappa shape index (κ3) is 3.12. The molecule has 0 bridgehead atoms. The van der Waals surface area contributed by atoms with Crippen molar-refractivity contribution in [1.82, 2.24) is 4.31 Å². The summed E-state index contributed by atoms with van der Waals surface area (Å²) in [5.74, 6) is 0.340. The molecule has 0 radical (unpaired) electrons. The molecule has 0 aromatic heterocycles. The van der Waals surface area contributed by atoms with Gasteiger partial charge in [-0.3, -0.25) is 0 Å². The van der Waals surface area contributed by atoms with E-state index in [1.54, 1.807) is 10.4 Å². The Balaban J connectivity index is 2.43. The van der Waals surface area contributed by atoms with Gasteiger partial charge >= 0.3 is 0 Å². The third-order valence-electron chi connectivity index (χ3n) is 3.60. The lowest BCUT2D eigenvalue weighted by Gasteiger charge is -2.27. The van der Waals surface area contributed by atoms with E-state index in [-0.39, 0.29) is 0 Å². The largest absolute Gasteiger partial charge is 0.243 e. The molecule has 1 aromatic rings. The molecule has 1 aliphatic heterocycles. The Kier molecular flexibility index (Phi) is 4.87. The fourth-order valence-corrected chi connectivity index (χ4v) is 4.49. The van der Waals surface area contributed by atoms with Crippen molar-refractivity contribution in [1.29, 1.82) is 0 Å². The van der Waals surface area contributed by atoms with Crippen LogP contribution in [0.3, 0.4) is 0 Å². The molecule has 1 aliphatic rings. The molecule has 1 fully saturated rings. The number of halogens is 1. The highest BCUT2D eigenvalue weighted by Crippen LogP contribution is 2.25. The highest BCUT2D eigenvalue weighted by molar-refractivity contribution is 7.89. The van der Waals surface area contributed by atoms with Crippen molar-refractivity contribution < 1.29 is 8.42 Å². The number of nitrogens with zero attached hydrogens (tertiary/aromatic N) is 1. The van der Waals surface area contributed by atoms with Crippen LogP contribution in [0.2, 0.25) is 0 Å². The van der Waals surface area contributed by atoms with Gasteiger partial charge in [0.15, 0.2) is 0 Å². The van der Waals surface area contributed by atoms with Crippen LogP contribution >= 0.6 is 11.6 Å². The SMILES string of the molecule is CCc1ccc(CCl)cc1S(=O)(=O)N1CCCCC1. The van der Waals surface area contributed by atoms with Crippen molar-refractivity contribution in [3.05, 3.63) is 29.3 Å². The van der Waals surface area contributed by atoms with E-state index in [2.05, 4.69) is 0 Å². The quantitative estimate of drug-likeness (QED) is 0.801. The van der Waals surface area contributed by atoms with Gasteiger partial charge in [0.2, 0.25) is 10.0 Å². The van der Waals surface area contributed by atoms with E-state index in [9.17, 15) is 8.42 Å². The standard InChI is InChI=1S/C14H20ClNO2S/c1-2-13-7-6-12(11-15)10-14(13)19(17,18)16-8-4-3-5-9-16/h6-7,10H,2-5,8-9,11H2,1H3. The number of sulfonamides is 1. The van der Waals surface area contributed by atoms with E-state index in [0.29, 0.717) is 30.3 Å². The van der Waals surface area contributed by atoms with Crippen LogP contribution in [-0.2, 0) is 22.3 Å². The Hall–Kier alpha value is -0.580. The van der Waals surface area contributed by atoms with Gasteiger partial charge in [-0.1, -0.05) is 25.5 Å². The molecule has 0 amide bonds. The first kappa shape index (κ1) is 14.8. The number of aryl methyl sites for hydroxylation is 1. The summed E-state index contributed by atoms with van der Waals surface area (Å²) in [6, 6.07) is 5.52. The average Bonchev–Trinajstić information content (AvgIpc) is 2.47. The second kappa shape index (κ2) is 6.25. The average molecular weight is 302 g/mol. The Morgan fingerprint density at radius 1 is 1.21 bits per heavy atom. The molecule has 0 aliphatic carbocycles. The molecule has 1 saturated heterocycles. The maximum atomic E-state index is 12.7. The monoisotopic (exact) mass is 301 g/mol. The molecule has 2 rings (SSSR count). The van der Waals surface area contributed by atoms with Crippen LogP contribution in [0.5, 0.6) is 0 Å². The molecule has 19 heavy (non-hydrogen) atoms. The van der Waals surface area contributed by atoms with Gasteiger partial charge in [-0.25, -0.2) is 8.42 Å². The summed E-state index contributed by atoms with van der Waals surface area (Å²) in [7, 11) is -3.36. The lowest BCUT2D eigenvalue weighted by Crippen LogP contribution is -2.36. The van der Waals surface area contributed by atoms with Crippen molar-refractivity contribution >= 4 is 21.6 Å². The molecular formula is C14H20ClNO2S. The molecule has 5 heteroatoms. The number of rotatable bonds is 4. The highest BCUT2D eigenvalue weighted by atomic mass is 35.5. The van der Waals surface area contributed by atoms with E-state index in [4.69, 9.17) is 11.6 Å². The van der Waals surface area contributed by atoms with Gasteiger partial charge in [0.05, 0.1) is 4.90 Å². The van der Waals surface area contributed by atoms with E-state index in [0.717, 1.165) is 30.4 Å². The van der Waals surface area contributed by atoms with E-state index in [1.807, 2.05) is 19.1 Å². The molecule has 0 atom stereocenters. The summed E-state index contributed by atoms with van der Waals surface area (Å²) in [6.07, 6.45) is 3.74. The van der Waals surface area contributed by atoms with Crippen molar-refractivity contribution in [2.24, 2.45) is 0 Å². The summed E-state index contributed by atoms with van der Waals surface area (Å²) >= 11 is 5.82. The second-order valence-corrected chi connectivity index (χ2v) is 7.07. The van der Waals surface area contributed by atoms with Crippen LogP contribution < -0.4 is 0 Å². The zero-order valence-corrected chi connectivity index (χ0v) is 12.8. The van der Waals surface area contributed by atoms with Crippen LogP contribution in [0.4, 0.5) is 0 Å². The molecule has 0 N–H and O–H groups in total. The molecule has 0 spiro atoms. The predicted octanol–water partition coefficient (Wildman–Crippen LogP) is 3.16. The third-order valence-corrected chi connectivity index (χ3v) is 5.89. The first-order valence-corrected chi connectivity index (χ1v) is 8.75. The van der Waals surface area contributed by atoms with Gasteiger partial charge in [0.25, 0.3) is 0 Å². The molecule has 1 heterocycles. The molecule has 0 unspecified atom stereocenters. The van der Waals surface area contributed by atoms with Crippen molar-refractivity contribution in [3.63, 3.8) is 0 Å².